The van der Waals surface area contributed by atoms with Crippen molar-refractivity contribution in [3.05, 3.63) is 34.6 Å². The van der Waals surface area contributed by atoms with Crippen LogP contribution < -0.4 is 11.1 Å². The lowest BCUT2D eigenvalue weighted by Gasteiger charge is -2.03. The summed E-state index contributed by atoms with van der Waals surface area (Å²) in [6.45, 7) is 4.85. The third-order valence-electron chi connectivity index (χ3n) is 3.16. The summed E-state index contributed by atoms with van der Waals surface area (Å²) in [5.74, 6) is 0.927. The second kappa shape index (κ2) is 5.55. The van der Waals surface area contributed by atoms with Gasteiger partial charge < -0.3 is 15.5 Å². The van der Waals surface area contributed by atoms with Crippen LogP contribution in [0.25, 0.3) is 10.2 Å². The normalized spacial score (nSPS) is 12.9. The summed E-state index contributed by atoms with van der Waals surface area (Å²) in [6, 6.07) is 4.04. The Kier molecular flexibility index (Phi) is 3.78. The first-order valence-electron chi connectivity index (χ1n) is 6.54. The lowest BCUT2D eigenvalue weighted by Crippen LogP contribution is -2.17. The van der Waals surface area contributed by atoms with E-state index in [1.54, 1.807) is 17.6 Å². The van der Waals surface area contributed by atoms with Gasteiger partial charge in [0.2, 0.25) is 0 Å². The van der Waals surface area contributed by atoms with Gasteiger partial charge in [-0.25, -0.2) is 0 Å². The van der Waals surface area contributed by atoms with Gasteiger partial charge in [-0.15, -0.1) is 11.3 Å². The number of hydrogen-bond acceptors (Lipinski definition) is 6. The molecular weight excluding hydrogens is 290 g/mol. The number of rotatable bonds is 5. The molecule has 0 amide bonds. The number of aromatic nitrogens is 1. The van der Waals surface area contributed by atoms with E-state index in [0.717, 1.165) is 22.7 Å². The average molecular weight is 307 g/mol. The fourth-order valence-electron chi connectivity index (χ4n) is 2.13. The Morgan fingerprint density at radius 3 is 3.05 bits per heavy atom. The van der Waals surface area contributed by atoms with E-state index in [2.05, 4.69) is 16.6 Å². The molecule has 6 heteroatoms. The molecule has 3 aromatic rings. The molecule has 106 valence electrons. The Balaban J connectivity index is 1.84. The van der Waals surface area contributed by atoms with E-state index < -0.39 is 0 Å². The number of thiophene rings is 1. The summed E-state index contributed by atoms with van der Waals surface area (Å²) in [6.07, 6.45) is 2.60. The van der Waals surface area contributed by atoms with Gasteiger partial charge in [-0.05, 0) is 49.5 Å². The summed E-state index contributed by atoms with van der Waals surface area (Å²) < 4.78 is 11.1. The Morgan fingerprint density at radius 2 is 2.35 bits per heavy atom. The molecule has 3 aromatic heterocycles. The number of nitrogens with zero attached hydrogens (tertiary/aromatic N) is 1. The molecule has 0 unspecified atom stereocenters. The number of fused-ring (bicyclic) bond motifs is 1. The van der Waals surface area contributed by atoms with Crippen LogP contribution in [0.15, 0.2) is 22.8 Å². The Hall–Kier alpha value is -1.37. The molecule has 0 bridgehead atoms. The highest BCUT2D eigenvalue weighted by molar-refractivity contribution is 7.24. The lowest BCUT2D eigenvalue weighted by molar-refractivity contribution is 0.518. The predicted octanol–water partition coefficient (Wildman–Crippen LogP) is 3.76. The minimum absolute atomic E-state index is 0.180. The van der Waals surface area contributed by atoms with Crippen molar-refractivity contribution in [1.82, 2.24) is 4.37 Å². The largest absolute Gasteiger partial charge is 0.467 e. The zero-order valence-corrected chi connectivity index (χ0v) is 13.1. The maximum Gasteiger partial charge on any atom is 0.127 e. The van der Waals surface area contributed by atoms with Gasteiger partial charge in [0, 0.05) is 10.9 Å². The van der Waals surface area contributed by atoms with Crippen molar-refractivity contribution in [3.8, 4) is 0 Å². The molecule has 0 saturated heterocycles. The van der Waals surface area contributed by atoms with Crippen LogP contribution in [0.3, 0.4) is 0 Å². The zero-order valence-electron chi connectivity index (χ0n) is 11.5. The maximum atomic E-state index is 5.91. The lowest BCUT2D eigenvalue weighted by atomic mass is 10.1. The molecular formula is C14H17N3OS2. The van der Waals surface area contributed by atoms with Gasteiger partial charge in [0.1, 0.15) is 16.3 Å². The molecule has 0 aliphatic heterocycles. The minimum atomic E-state index is 0.180. The third kappa shape index (κ3) is 2.59. The Morgan fingerprint density at radius 1 is 1.50 bits per heavy atom. The zero-order chi connectivity index (χ0) is 14.1. The first-order valence-corrected chi connectivity index (χ1v) is 8.13. The van der Waals surface area contributed by atoms with E-state index >= 15 is 0 Å². The molecule has 4 nitrogen and oxygen atoms in total. The number of aryl methyl sites for hydroxylation is 1. The smallest absolute Gasteiger partial charge is 0.127 e. The van der Waals surface area contributed by atoms with Crippen LogP contribution in [0, 0.1) is 6.92 Å². The first kappa shape index (κ1) is 13.6. The molecule has 0 aromatic carbocycles. The number of anilines is 1. The second-order valence-corrected chi connectivity index (χ2v) is 6.83. The first-order chi connectivity index (χ1) is 9.65. The van der Waals surface area contributed by atoms with E-state index in [1.807, 2.05) is 19.1 Å². The standard InChI is InChI=1S/C14H17N3OS2/c1-8(15)6-11-9(2)12-13(19-11)14(20-17-12)16-7-10-4-3-5-18-10/h3-5,8,16H,6-7,15H2,1-2H3/t8-/m0/s1. The average Bonchev–Trinajstić information content (AvgIpc) is 3.08. The summed E-state index contributed by atoms with van der Waals surface area (Å²) in [5, 5.41) is 4.52. The monoisotopic (exact) mass is 307 g/mol. The quantitative estimate of drug-likeness (QED) is 0.753. The van der Waals surface area contributed by atoms with Crippen LogP contribution in [0.4, 0.5) is 5.00 Å². The summed E-state index contributed by atoms with van der Waals surface area (Å²) >= 11 is 3.31. The summed E-state index contributed by atoms with van der Waals surface area (Å²) in [4.78, 5) is 1.34. The number of nitrogens with one attached hydrogen (secondary N) is 1. The van der Waals surface area contributed by atoms with Crippen molar-refractivity contribution < 1.29 is 4.42 Å². The van der Waals surface area contributed by atoms with Gasteiger partial charge in [0.05, 0.1) is 17.5 Å². The van der Waals surface area contributed by atoms with Crippen molar-refractivity contribution in [1.29, 1.82) is 0 Å². The third-order valence-corrected chi connectivity index (χ3v) is 5.41. The topological polar surface area (TPSA) is 64.1 Å². The molecule has 3 N–H and O–H groups in total. The maximum absolute atomic E-state index is 5.91. The van der Waals surface area contributed by atoms with E-state index in [-0.39, 0.29) is 6.04 Å². The minimum Gasteiger partial charge on any atom is -0.467 e. The predicted molar refractivity (Wildman–Crippen MR) is 85.6 cm³/mol. The van der Waals surface area contributed by atoms with Crippen molar-refractivity contribution in [2.45, 2.75) is 32.9 Å². The van der Waals surface area contributed by atoms with E-state index in [9.17, 15) is 0 Å². The van der Waals surface area contributed by atoms with Crippen LogP contribution in [0.1, 0.15) is 23.1 Å². The van der Waals surface area contributed by atoms with Gasteiger partial charge in [0.15, 0.2) is 0 Å². The SMILES string of the molecule is Cc1c(C[C@H](C)N)sc2c(NCc3ccco3)snc12. The van der Waals surface area contributed by atoms with Gasteiger partial charge in [0.25, 0.3) is 0 Å². The fraction of sp³-hybridized carbons (Fsp3) is 0.357. The highest BCUT2D eigenvalue weighted by Crippen LogP contribution is 2.38. The van der Waals surface area contributed by atoms with Crippen molar-refractivity contribution in [2.24, 2.45) is 5.73 Å². The number of hydrogen-bond donors (Lipinski definition) is 2. The number of furan rings is 1. The van der Waals surface area contributed by atoms with Crippen molar-refractivity contribution in [3.63, 3.8) is 0 Å². The molecule has 1 atom stereocenters. The van der Waals surface area contributed by atoms with E-state index in [4.69, 9.17) is 10.2 Å². The van der Waals surface area contributed by atoms with Crippen LogP contribution in [0.5, 0.6) is 0 Å². The van der Waals surface area contributed by atoms with Gasteiger partial charge in [-0.1, -0.05) is 0 Å². The second-order valence-electron chi connectivity index (χ2n) is 4.95. The highest BCUT2D eigenvalue weighted by Gasteiger charge is 2.16. The molecule has 0 fully saturated rings. The Bertz CT molecular complexity index is 697. The molecule has 3 heterocycles. The van der Waals surface area contributed by atoms with E-state index in [0.29, 0.717) is 6.54 Å². The molecule has 0 spiro atoms. The highest BCUT2D eigenvalue weighted by atomic mass is 32.1. The van der Waals surface area contributed by atoms with Crippen LogP contribution >= 0.6 is 22.9 Å². The number of nitrogens with two attached hydrogens (primary N) is 1. The molecule has 3 rings (SSSR count). The molecule has 20 heavy (non-hydrogen) atoms. The van der Waals surface area contributed by atoms with Gasteiger partial charge in [-0.3, -0.25) is 0 Å². The molecule has 0 aliphatic carbocycles. The van der Waals surface area contributed by atoms with Crippen LogP contribution in [-0.2, 0) is 13.0 Å². The molecule has 0 saturated carbocycles. The van der Waals surface area contributed by atoms with Crippen molar-refractivity contribution in [2.75, 3.05) is 5.32 Å². The summed E-state index contributed by atoms with van der Waals surface area (Å²) in [7, 11) is 0. The Labute approximate surface area is 125 Å². The molecule has 0 aliphatic rings. The summed E-state index contributed by atoms with van der Waals surface area (Å²) in [5.41, 5.74) is 8.28. The fourth-order valence-corrected chi connectivity index (χ4v) is 4.45. The van der Waals surface area contributed by atoms with Gasteiger partial charge in [-0.2, -0.15) is 4.37 Å². The van der Waals surface area contributed by atoms with Gasteiger partial charge >= 0.3 is 0 Å². The van der Waals surface area contributed by atoms with Crippen LogP contribution in [-0.4, -0.2) is 10.4 Å². The van der Waals surface area contributed by atoms with E-state index in [1.165, 1.54) is 26.7 Å². The molecule has 0 radical (unpaired) electrons. The van der Waals surface area contributed by atoms with Crippen LogP contribution in [0.2, 0.25) is 0 Å². The van der Waals surface area contributed by atoms with Crippen molar-refractivity contribution >= 4 is 38.1 Å².